The van der Waals surface area contributed by atoms with Crippen LogP contribution < -0.4 is 10.5 Å². The van der Waals surface area contributed by atoms with E-state index in [0.29, 0.717) is 12.5 Å². The van der Waals surface area contributed by atoms with Crippen molar-refractivity contribution >= 4 is 0 Å². The van der Waals surface area contributed by atoms with Gasteiger partial charge >= 0.3 is 0 Å². The third-order valence-electron chi connectivity index (χ3n) is 6.53. The van der Waals surface area contributed by atoms with Crippen molar-refractivity contribution < 1.29 is 9.84 Å². The highest BCUT2D eigenvalue weighted by atomic mass is 16.5. The Morgan fingerprint density at radius 3 is 2.76 bits per heavy atom. The molecule has 2 atom stereocenters. The highest BCUT2D eigenvalue weighted by molar-refractivity contribution is 5.36. The predicted octanol–water partition coefficient (Wildman–Crippen LogP) is 5.03. The van der Waals surface area contributed by atoms with Crippen molar-refractivity contribution in [2.45, 2.75) is 63.7 Å². The molecule has 3 N–H and O–H groups in total. The Hall–Kier alpha value is -1.84. The minimum Gasteiger partial charge on any atom is -0.496 e. The van der Waals surface area contributed by atoms with Gasteiger partial charge in [-0.05, 0) is 98.1 Å². The third kappa shape index (κ3) is 6.07. The summed E-state index contributed by atoms with van der Waals surface area (Å²) in [5.41, 5.74) is 11.8. The summed E-state index contributed by atoms with van der Waals surface area (Å²) in [5, 5.41) is 9.02. The van der Waals surface area contributed by atoms with Gasteiger partial charge in [-0.15, -0.1) is 0 Å². The van der Waals surface area contributed by atoms with Crippen LogP contribution in [0, 0.1) is 5.92 Å². The molecule has 0 aliphatic heterocycles. The van der Waals surface area contributed by atoms with Crippen molar-refractivity contribution in [2.75, 3.05) is 20.3 Å². The van der Waals surface area contributed by atoms with Gasteiger partial charge in [0.25, 0.3) is 0 Å². The molecule has 2 aromatic rings. The number of ether oxygens (including phenoxy) is 1. The van der Waals surface area contributed by atoms with Crippen LogP contribution in [0.3, 0.4) is 0 Å². The SMILES string of the molecule is COc1ccccc1CCC[C@@H]1CCc2cc([C@H](CN)CCCCO)ccc2C1. The van der Waals surface area contributed by atoms with E-state index in [1.807, 2.05) is 6.07 Å². The van der Waals surface area contributed by atoms with E-state index < -0.39 is 0 Å². The van der Waals surface area contributed by atoms with Crippen LogP contribution in [-0.2, 0) is 19.3 Å². The summed E-state index contributed by atoms with van der Waals surface area (Å²) in [6.07, 6.45) is 10.3. The number of benzene rings is 2. The van der Waals surface area contributed by atoms with Gasteiger partial charge in [0.05, 0.1) is 7.11 Å². The second kappa shape index (κ2) is 11.4. The average Bonchev–Trinajstić information content (AvgIpc) is 2.77. The largest absolute Gasteiger partial charge is 0.496 e. The Bertz CT molecular complexity index is 758. The first-order valence-corrected chi connectivity index (χ1v) is 11.3. The maximum Gasteiger partial charge on any atom is 0.122 e. The number of para-hydroxylation sites is 1. The Morgan fingerprint density at radius 2 is 1.97 bits per heavy atom. The number of aryl methyl sites for hydroxylation is 2. The summed E-state index contributed by atoms with van der Waals surface area (Å²) in [7, 11) is 1.76. The number of methoxy groups -OCH3 is 1. The molecule has 0 bridgehead atoms. The number of aliphatic hydroxyl groups excluding tert-OH is 1. The second-order valence-electron chi connectivity index (χ2n) is 8.49. The number of fused-ring (bicyclic) bond motifs is 1. The van der Waals surface area contributed by atoms with Crippen molar-refractivity contribution in [3.63, 3.8) is 0 Å². The van der Waals surface area contributed by atoms with Crippen LogP contribution in [0.5, 0.6) is 5.75 Å². The fraction of sp³-hybridized carbons (Fsp3) is 0.538. The lowest BCUT2D eigenvalue weighted by atomic mass is 9.79. The van der Waals surface area contributed by atoms with E-state index >= 15 is 0 Å². The maximum absolute atomic E-state index is 9.02. The fourth-order valence-corrected chi connectivity index (χ4v) is 4.76. The summed E-state index contributed by atoms with van der Waals surface area (Å²) in [6, 6.07) is 15.4. The molecule has 29 heavy (non-hydrogen) atoms. The molecule has 0 radical (unpaired) electrons. The van der Waals surface area contributed by atoms with Crippen molar-refractivity contribution in [2.24, 2.45) is 11.7 Å². The van der Waals surface area contributed by atoms with Gasteiger partial charge in [0.2, 0.25) is 0 Å². The number of rotatable bonds is 11. The molecular formula is C26H37NO2. The van der Waals surface area contributed by atoms with E-state index in [1.54, 1.807) is 7.11 Å². The monoisotopic (exact) mass is 395 g/mol. The van der Waals surface area contributed by atoms with Gasteiger partial charge in [-0.25, -0.2) is 0 Å². The van der Waals surface area contributed by atoms with Crippen LogP contribution in [0.2, 0.25) is 0 Å². The van der Waals surface area contributed by atoms with Crippen molar-refractivity contribution in [1.82, 2.24) is 0 Å². The van der Waals surface area contributed by atoms with Crippen molar-refractivity contribution in [3.05, 3.63) is 64.7 Å². The fourth-order valence-electron chi connectivity index (χ4n) is 4.76. The van der Waals surface area contributed by atoms with Gasteiger partial charge < -0.3 is 15.6 Å². The molecule has 3 nitrogen and oxygen atoms in total. The highest BCUT2D eigenvalue weighted by Crippen LogP contribution is 2.32. The molecule has 3 heteroatoms. The Morgan fingerprint density at radius 1 is 1.10 bits per heavy atom. The Labute approximate surface area is 176 Å². The molecule has 2 aromatic carbocycles. The molecule has 1 aliphatic rings. The zero-order valence-electron chi connectivity index (χ0n) is 17.9. The summed E-state index contributed by atoms with van der Waals surface area (Å²) < 4.78 is 5.48. The summed E-state index contributed by atoms with van der Waals surface area (Å²) in [5.74, 6) is 2.23. The Kier molecular flexibility index (Phi) is 8.57. The zero-order valence-corrected chi connectivity index (χ0v) is 17.9. The highest BCUT2D eigenvalue weighted by Gasteiger charge is 2.20. The normalized spacial score (nSPS) is 17.0. The third-order valence-corrected chi connectivity index (χ3v) is 6.53. The maximum atomic E-state index is 9.02. The van der Waals surface area contributed by atoms with Crippen LogP contribution >= 0.6 is 0 Å². The molecule has 0 unspecified atom stereocenters. The van der Waals surface area contributed by atoms with E-state index in [4.69, 9.17) is 15.6 Å². The lowest BCUT2D eigenvalue weighted by Crippen LogP contribution is -2.17. The number of unbranched alkanes of at least 4 members (excludes halogenated alkanes) is 1. The quantitative estimate of drug-likeness (QED) is 0.525. The van der Waals surface area contributed by atoms with Crippen molar-refractivity contribution in [3.8, 4) is 5.75 Å². The van der Waals surface area contributed by atoms with Crippen LogP contribution in [0.25, 0.3) is 0 Å². The molecule has 0 amide bonds. The van der Waals surface area contributed by atoms with Gasteiger partial charge in [0, 0.05) is 6.61 Å². The lowest BCUT2D eigenvalue weighted by Gasteiger charge is -2.26. The topological polar surface area (TPSA) is 55.5 Å². The van der Waals surface area contributed by atoms with Crippen LogP contribution in [-0.4, -0.2) is 25.4 Å². The first-order valence-electron chi connectivity index (χ1n) is 11.3. The van der Waals surface area contributed by atoms with Crippen LogP contribution in [0.15, 0.2) is 42.5 Å². The van der Waals surface area contributed by atoms with Gasteiger partial charge in [-0.1, -0.05) is 42.8 Å². The molecule has 0 saturated heterocycles. The van der Waals surface area contributed by atoms with E-state index in [2.05, 4.69) is 36.4 Å². The summed E-state index contributed by atoms with van der Waals surface area (Å²) in [4.78, 5) is 0. The number of hydrogen-bond acceptors (Lipinski definition) is 3. The van der Waals surface area contributed by atoms with Gasteiger partial charge in [0.15, 0.2) is 0 Å². The minimum absolute atomic E-state index is 0.278. The number of hydrogen-bond donors (Lipinski definition) is 2. The minimum atomic E-state index is 0.278. The van der Waals surface area contributed by atoms with E-state index in [1.165, 1.54) is 54.4 Å². The standard InChI is InChI=1S/C26H37NO2/c1-29-26-11-3-2-8-21(26)10-6-7-20-12-13-23-18-24(15-14-22(23)17-20)25(19-27)9-4-5-16-28/h2-3,8,11,14-15,18,20,25,28H,4-7,9-10,12-13,16-17,19,27H2,1H3/t20-,25+/m1/s1. The molecule has 0 aromatic heterocycles. The molecule has 0 saturated carbocycles. The molecule has 158 valence electrons. The average molecular weight is 396 g/mol. The van der Waals surface area contributed by atoms with Gasteiger partial charge in [-0.2, -0.15) is 0 Å². The predicted molar refractivity (Wildman–Crippen MR) is 121 cm³/mol. The first-order chi connectivity index (χ1) is 14.2. The van der Waals surface area contributed by atoms with Crippen molar-refractivity contribution in [1.29, 1.82) is 0 Å². The molecular weight excluding hydrogens is 358 g/mol. The molecule has 1 aliphatic carbocycles. The van der Waals surface area contributed by atoms with Gasteiger partial charge in [0.1, 0.15) is 5.75 Å². The van der Waals surface area contributed by atoms with Crippen LogP contribution in [0.4, 0.5) is 0 Å². The lowest BCUT2D eigenvalue weighted by molar-refractivity contribution is 0.281. The molecule has 3 rings (SSSR count). The zero-order chi connectivity index (χ0) is 20.5. The number of aliphatic hydroxyl groups is 1. The summed E-state index contributed by atoms with van der Waals surface area (Å²) in [6.45, 7) is 0.968. The Balaban J connectivity index is 1.53. The first kappa shape index (κ1) is 21.9. The smallest absolute Gasteiger partial charge is 0.122 e. The molecule has 0 spiro atoms. The second-order valence-corrected chi connectivity index (χ2v) is 8.49. The van der Waals surface area contributed by atoms with E-state index in [0.717, 1.165) is 37.4 Å². The summed E-state index contributed by atoms with van der Waals surface area (Å²) >= 11 is 0. The molecule has 0 fully saturated rings. The number of nitrogens with two attached hydrogens (primary N) is 1. The van der Waals surface area contributed by atoms with Crippen LogP contribution in [0.1, 0.15) is 66.7 Å². The van der Waals surface area contributed by atoms with E-state index in [-0.39, 0.29) is 6.61 Å². The van der Waals surface area contributed by atoms with Gasteiger partial charge in [-0.3, -0.25) is 0 Å². The molecule has 0 heterocycles. The van der Waals surface area contributed by atoms with E-state index in [9.17, 15) is 0 Å².